The van der Waals surface area contributed by atoms with Crippen LogP contribution in [-0.4, -0.2) is 55.6 Å². The molecule has 3 nitrogen and oxygen atoms in total. The zero-order chi connectivity index (χ0) is 14.7. The quantitative estimate of drug-likeness (QED) is 0.920. The first-order valence-electron chi connectivity index (χ1n) is 8.51. The van der Waals surface area contributed by atoms with Gasteiger partial charge in [-0.05, 0) is 57.1 Å². The average molecular weight is 287 g/mol. The van der Waals surface area contributed by atoms with E-state index in [4.69, 9.17) is 0 Å². The molecule has 21 heavy (non-hydrogen) atoms. The second-order valence-electron chi connectivity index (χ2n) is 6.63. The van der Waals surface area contributed by atoms with Gasteiger partial charge in [-0.2, -0.15) is 0 Å². The highest BCUT2D eigenvalue weighted by atomic mass is 15.2. The molecule has 1 aromatic carbocycles. The summed E-state index contributed by atoms with van der Waals surface area (Å²) in [5, 5.41) is 3.74. The number of benzene rings is 1. The van der Waals surface area contributed by atoms with Gasteiger partial charge in [0.25, 0.3) is 0 Å². The summed E-state index contributed by atoms with van der Waals surface area (Å²) in [6.07, 6.45) is 3.71. The van der Waals surface area contributed by atoms with E-state index in [-0.39, 0.29) is 0 Å². The number of likely N-dealkylation sites (N-methyl/N-ethyl adjacent to an activating group) is 1. The van der Waals surface area contributed by atoms with E-state index in [0.717, 1.165) is 13.1 Å². The van der Waals surface area contributed by atoms with Crippen molar-refractivity contribution in [2.45, 2.75) is 38.3 Å². The number of hydrogen-bond acceptors (Lipinski definition) is 3. The summed E-state index contributed by atoms with van der Waals surface area (Å²) in [4.78, 5) is 5.22. The summed E-state index contributed by atoms with van der Waals surface area (Å²) < 4.78 is 0. The van der Waals surface area contributed by atoms with Crippen LogP contribution in [0.3, 0.4) is 0 Å². The number of nitrogens with zero attached hydrogens (tertiary/aromatic N) is 2. The normalized spacial score (nSPS) is 28.1. The Morgan fingerprint density at radius 2 is 2.10 bits per heavy atom. The first-order valence-corrected chi connectivity index (χ1v) is 8.51. The molecule has 116 valence electrons. The second kappa shape index (κ2) is 6.91. The molecular formula is C18H29N3. The fraction of sp³-hybridized carbons (Fsp3) is 0.667. The molecule has 3 heteroatoms. The van der Waals surface area contributed by atoms with Crippen molar-refractivity contribution in [3.63, 3.8) is 0 Å². The Morgan fingerprint density at radius 3 is 2.95 bits per heavy atom. The third kappa shape index (κ3) is 3.47. The summed E-state index contributed by atoms with van der Waals surface area (Å²) in [5.74, 6) is 0. The smallest absolute Gasteiger partial charge is 0.0452 e. The molecule has 1 N–H and O–H groups in total. The molecule has 1 saturated heterocycles. The van der Waals surface area contributed by atoms with Crippen LogP contribution in [0.15, 0.2) is 24.3 Å². The highest BCUT2D eigenvalue weighted by Crippen LogP contribution is 2.25. The Morgan fingerprint density at radius 1 is 1.24 bits per heavy atom. The van der Waals surface area contributed by atoms with Crippen LogP contribution < -0.4 is 5.32 Å². The van der Waals surface area contributed by atoms with Crippen molar-refractivity contribution in [2.75, 3.05) is 39.8 Å². The first kappa shape index (κ1) is 15.0. The lowest BCUT2D eigenvalue weighted by Crippen LogP contribution is -2.45. The largest absolute Gasteiger partial charge is 0.309 e. The van der Waals surface area contributed by atoms with Crippen molar-refractivity contribution >= 4 is 0 Å². The van der Waals surface area contributed by atoms with Crippen LogP contribution in [0.4, 0.5) is 0 Å². The van der Waals surface area contributed by atoms with Crippen LogP contribution in [0.1, 0.15) is 36.9 Å². The molecule has 2 aliphatic rings. The van der Waals surface area contributed by atoms with Gasteiger partial charge < -0.3 is 10.2 Å². The molecule has 0 amide bonds. The lowest BCUT2D eigenvalue weighted by atomic mass is 9.93. The SMILES string of the molecule is CCC1CN(C)CCCN1CC1NCCc2ccccc21. The van der Waals surface area contributed by atoms with Crippen LogP contribution in [0.2, 0.25) is 0 Å². The van der Waals surface area contributed by atoms with Crippen LogP contribution in [-0.2, 0) is 6.42 Å². The summed E-state index contributed by atoms with van der Waals surface area (Å²) >= 11 is 0. The standard InChI is InChI=1S/C18H29N3/c1-3-16-13-20(2)11-6-12-21(16)14-18-17-8-5-4-7-15(17)9-10-19-18/h4-5,7-8,16,18-19H,3,6,9-14H2,1-2H3. The third-order valence-corrected chi connectivity index (χ3v) is 5.13. The van der Waals surface area contributed by atoms with E-state index in [2.05, 4.69) is 53.4 Å². The molecule has 0 saturated carbocycles. The molecule has 0 radical (unpaired) electrons. The maximum absolute atomic E-state index is 3.74. The zero-order valence-electron chi connectivity index (χ0n) is 13.5. The highest BCUT2D eigenvalue weighted by Gasteiger charge is 2.27. The maximum atomic E-state index is 3.74. The van der Waals surface area contributed by atoms with E-state index >= 15 is 0 Å². The summed E-state index contributed by atoms with van der Waals surface area (Å²) in [6, 6.07) is 10.2. The lowest BCUT2D eigenvalue weighted by molar-refractivity contribution is 0.164. The van der Waals surface area contributed by atoms with E-state index in [9.17, 15) is 0 Å². The van der Waals surface area contributed by atoms with Crippen LogP contribution >= 0.6 is 0 Å². The van der Waals surface area contributed by atoms with Gasteiger partial charge in [0.15, 0.2) is 0 Å². The van der Waals surface area contributed by atoms with Crippen molar-refractivity contribution in [3.05, 3.63) is 35.4 Å². The fourth-order valence-electron chi connectivity index (χ4n) is 3.91. The van der Waals surface area contributed by atoms with E-state index < -0.39 is 0 Å². The molecule has 2 aliphatic heterocycles. The van der Waals surface area contributed by atoms with E-state index in [1.807, 2.05) is 0 Å². The van der Waals surface area contributed by atoms with Gasteiger partial charge in [-0.15, -0.1) is 0 Å². The van der Waals surface area contributed by atoms with Gasteiger partial charge in [0.05, 0.1) is 0 Å². The van der Waals surface area contributed by atoms with Gasteiger partial charge in [0, 0.05) is 25.2 Å². The number of rotatable bonds is 3. The fourth-order valence-corrected chi connectivity index (χ4v) is 3.91. The van der Waals surface area contributed by atoms with Crippen LogP contribution in [0, 0.1) is 0 Å². The minimum atomic E-state index is 0.507. The number of hydrogen-bond donors (Lipinski definition) is 1. The Hall–Kier alpha value is -0.900. The Kier molecular flexibility index (Phi) is 4.94. The molecule has 2 heterocycles. The highest BCUT2D eigenvalue weighted by molar-refractivity contribution is 5.32. The van der Waals surface area contributed by atoms with Gasteiger partial charge in [-0.3, -0.25) is 4.90 Å². The maximum Gasteiger partial charge on any atom is 0.0452 e. The molecular weight excluding hydrogens is 258 g/mol. The van der Waals surface area contributed by atoms with Crippen LogP contribution in [0.5, 0.6) is 0 Å². The predicted octanol–water partition coefficient (Wildman–Crippen LogP) is 2.29. The average Bonchev–Trinajstić information content (AvgIpc) is 2.69. The van der Waals surface area contributed by atoms with E-state index in [1.54, 1.807) is 5.56 Å². The van der Waals surface area contributed by atoms with Gasteiger partial charge in [0.2, 0.25) is 0 Å². The van der Waals surface area contributed by atoms with E-state index in [1.165, 1.54) is 44.5 Å². The van der Waals surface area contributed by atoms with Crippen molar-refractivity contribution in [3.8, 4) is 0 Å². The predicted molar refractivity (Wildman–Crippen MR) is 88.7 cm³/mol. The molecule has 2 unspecified atom stereocenters. The Bertz CT molecular complexity index is 460. The molecule has 0 aliphatic carbocycles. The first-order chi connectivity index (χ1) is 10.3. The van der Waals surface area contributed by atoms with Gasteiger partial charge in [0.1, 0.15) is 0 Å². The minimum Gasteiger partial charge on any atom is -0.309 e. The van der Waals surface area contributed by atoms with Gasteiger partial charge >= 0.3 is 0 Å². The topological polar surface area (TPSA) is 18.5 Å². The summed E-state index contributed by atoms with van der Waals surface area (Å²) in [5.41, 5.74) is 3.07. The van der Waals surface area contributed by atoms with E-state index in [0.29, 0.717) is 12.1 Å². The monoisotopic (exact) mass is 287 g/mol. The number of fused-ring (bicyclic) bond motifs is 1. The van der Waals surface area contributed by atoms with Crippen molar-refractivity contribution < 1.29 is 0 Å². The molecule has 2 atom stereocenters. The molecule has 0 aromatic heterocycles. The summed E-state index contributed by atoms with van der Waals surface area (Å²) in [6.45, 7) is 8.30. The molecule has 1 aromatic rings. The Labute approximate surface area is 129 Å². The second-order valence-corrected chi connectivity index (χ2v) is 6.63. The molecule has 1 fully saturated rings. The minimum absolute atomic E-state index is 0.507. The summed E-state index contributed by atoms with van der Waals surface area (Å²) in [7, 11) is 2.26. The van der Waals surface area contributed by atoms with Crippen molar-refractivity contribution in [1.82, 2.24) is 15.1 Å². The Balaban J connectivity index is 1.73. The van der Waals surface area contributed by atoms with Crippen molar-refractivity contribution in [1.29, 1.82) is 0 Å². The molecule has 0 bridgehead atoms. The lowest BCUT2D eigenvalue weighted by Gasteiger charge is -2.36. The molecule has 0 spiro atoms. The van der Waals surface area contributed by atoms with Crippen molar-refractivity contribution in [2.24, 2.45) is 0 Å². The van der Waals surface area contributed by atoms with Gasteiger partial charge in [-0.25, -0.2) is 0 Å². The molecule has 3 rings (SSSR count). The third-order valence-electron chi connectivity index (χ3n) is 5.13. The number of nitrogens with one attached hydrogen (secondary N) is 1. The van der Waals surface area contributed by atoms with Gasteiger partial charge in [-0.1, -0.05) is 31.2 Å². The van der Waals surface area contributed by atoms with Crippen LogP contribution in [0.25, 0.3) is 0 Å². The zero-order valence-corrected chi connectivity index (χ0v) is 13.5.